The number of carbonyl (C=O) groups is 1. The number of amides is 1. The Balaban J connectivity index is 1.98. The topological polar surface area (TPSA) is 23.6 Å². The summed E-state index contributed by atoms with van der Waals surface area (Å²) in [7, 11) is 0. The van der Waals surface area contributed by atoms with Crippen molar-refractivity contribution in [3.8, 4) is 0 Å². The van der Waals surface area contributed by atoms with Crippen LogP contribution < -0.4 is 0 Å². The SMILES string of the molecule is C=CC1CN(Cc2ccccc2)CCN1C(C)=O. The summed E-state index contributed by atoms with van der Waals surface area (Å²) in [5, 5.41) is 0. The highest BCUT2D eigenvalue weighted by Gasteiger charge is 2.26. The number of carbonyl (C=O) groups excluding carboxylic acids is 1. The Labute approximate surface area is 109 Å². The summed E-state index contributed by atoms with van der Waals surface area (Å²) in [5.41, 5.74) is 1.32. The minimum Gasteiger partial charge on any atom is -0.334 e. The highest BCUT2D eigenvalue weighted by molar-refractivity contribution is 5.74. The van der Waals surface area contributed by atoms with Gasteiger partial charge in [-0.05, 0) is 5.56 Å². The standard InChI is InChI=1S/C15H20N2O/c1-3-15-12-16(9-10-17(15)13(2)18)11-14-7-5-4-6-8-14/h3-8,15H,1,9-12H2,2H3. The molecule has 1 aromatic rings. The van der Waals surface area contributed by atoms with Crippen LogP contribution in [0.5, 0.6) is 0 Å². The van der Waals surface area contributed by atoms with Gasteiger partial charge in [0, 0.05) is 33.1 Å². The number of rotatable bonds is 3. The molecule has 1 fully saturated rings. The molecule has 1 atom stereocenters. The van der Waals surface area contributed by atoms with Crippen molar-refractivity contribution in [1.82, 2.24) is 9.80 Å². The van der Waals surface area contributed by atoms with E-state index in [1.807, 2.05) is 17.0 Å². The van der Waals surface area contributed by atoms with E-state index in [0.29, 0.717) is 0 Å². The van der Waals surface area contributed by atoms with Gasteiger partial charge in [-0.2, -0.15) is 0 Å². The molecule has 0 bridgehead atoms. The zero-order valence-electron chi connectivity index (χ0n) is 10.9. The molecule has 18 heavy (non-hydrogen) atoms. The van der Waals surface area contributed by atoms with Gasteiger partial charge in [-0.1, -0.05) is 36.4 Å². The lowest BCUT2D eigenvalue weighted by Gasteiger charge is -2.39. The van der Waals surface area contributed by atoms with Crippen molar-refractivity contribution in [3.05, 3.63) is 48.6 Å². The van der Waals surface area contributed by atoms with Gasteiger partial charge in [0.25, 0.3) is 0 Å². The second-order valence-corrected chi connectivity index (χ2v) is 4.74. The van der Waals surface area contributed by atoms with Crippen LogP contribution in [0.3, 0.4) is 0 Å². The van der Waals surface area contributed by atoms with Gasteiger partial charge in [0.1, 0.15) is 0 Å². The van der Waals surface area contributed by atoms with E-state index >= 15 is 0 Å². The number of piperazine rings is 1. The lowest BCUT2D eigenvalue weighted by Crippen LogP contribution is -2.53. The first-order valence-corrected chi connectivity index (χ1v) is 6.36. The largest absolute Gasteiger partial charge is 0.334 e. The summed E-state index contributed by atoms with van der Waals surface area (Å²) >= 11 is 0. The number of hydrogen-bond donors (Lipinski definition) is 0. The molecule has 0 aromatic heterocycles. The van der Waals surface area contributed by atoms with E-state index in [4.69, 9.17) is 0 Å². The molecular weight excluding hydrogens is 224 g/mol. The van der Waals surface area contributed by atoms with Crippen molar-refractivity contribution >= 4 is 5.91 Å². The third-order valence-corrected chi connectivity index (χ3v) is 3.43. The monoisotopic (exact) mass is 244 g/mol. The summed E-state index contributed by atoms with van der Waals surface area (Å²) in [6.45, 7) is 9.00. The van der Waals surface area contributed by atoms with Gasteiger partial charge in [0.05, 0.1) is 6.04 Å². The van der Waals surface area contributed by atoms with Gasteiger partial charge >= 0.3 is 0 Å². The Morgan fingerprint density at radius 2 is 2.11 bits per heavy atom. The van der Waals surface area contributed by atoms with Crippen molar-refractivity contribution < 1.29 is 4.79 Å². The summed E-state index contributed by atoms with van der Waals surface area (Å²) in [6, 6.07) is 10.6. The van der Waals surface area contributed by atoms with Crippen LogP contribution in [0, 0.1) is 0 Å². The van der Waals surface area contributed by atoms with Crippen molar-refractivity contribution in [2.45, 2.75) is 19.5 Å². The lowest BCUT2D eigenvalue weighted by atomic mass is 10.1. The molecule has 3 nitrogen and oxygen atoms in total. The van der Waals surface area contributed by atoms with Crippen LogP contribution in [0.2, 0.25) is 0 Å². The molecule has 0 aliphatic carbocycles. The predicted octanol–water partition coefficient (Wildman–Crippen LogP) is 1.91. The zero-order valence-corrected chi connectivity index (χ0v) is 10.9. The molecule has 3 heteroatoms. The van der Waals surface area contributed by atoms with Gasteiger partial charge in [0.15, 0.2) is 0 Å². The van der Waals surface area contributed by atoms with Crippen LogP contribution in [-0.4, -0.2) is 41.4 Å². The quantitative estimate of drug-likeness (QED) is 0.758. The van der Waals surface area contributed by atoms with Crippen molar-refractivity contribution in [2.75, 3.05) is 19.6 Å². The molecule has 0 spiro atoms. The summed E-state index contributed by atoms with van der Waals surface area (Å²) in [4.78, 5) is 15.8. The summed E-state index contributed by atoms with van der Waals surface area (Å²) in [6.07, 6.45) is 1.87. The Hall–Kier alpha value is -1.61. The van der Waals surface area contributed by atoms with Gasteiger partial charge in [-0.3, -0.25) is 9.69 Å². The second kappa shape index (κ2) is 5.83. The van der Waals surface area contributed by atoms with Gasteiger partial charge in [0.2, 0.25) is 5.91 Å². The molecule has 1 saturated heterocycles. The molecule has 1 aliphatic rings. The van der Waals surface area contributed by atoms with Crippen LogP contribution in [0.25, 0.3) is 0 Å². The molecule has 1 heterocycles. The average Bonchev–Trinajstić information content (AvgIpc) is 2.39. The number of nitrogens with zero attached hydrogens (tertiary/aromatic N) is 2. The van der Waals surface area contributed by atoms with Gasteiger partial charge in [-0.25, -0.2) is 0 Å². The van der Waals surface area contributed by atoms with E-state index < -0.39 is 0 Å². The Bertz CT molecular complexity index is 416. The van der Waals surface area contributed by atoms with Crippen LogP contribution in [-0.2, 0) is 11.3 Å². The van der Waals surface area contributed by atoms with Crippen LogP contribution >= 0.6 is 0 Å². The van der Waals surface area contributed by atoms with Crippen LogP contribution in [0.4, 0.5) is 0 Å². The first-order chi connectivity index (χ1) is 8.70. The van der Waals surface area contributed by atoms with Gasteiger partial charge < -0.3 is 4.90 Å². The van der Waals surface area contributed by atoms with E-state index in [2.05, 4.69) is 35.7 Å². The minimum absolute atomic E-state index is 0.138. The molecule has 96 valence electrons. The molecule has 1 aromatic carbocycles. The maximum absolute atomic E-state index is 11.5. The Kier molecular flexibility index (Phi) is 4.15. The fraction of sp³-hybridized carbons (Fsp3) is 0.400. The summed E-state index contributed by atoms with van der Waals surface area (Å²) in [5.74, 6) is 0.138. The summed E-state index contributed by atoms with van der Waals surface area (Å²) < 4.78 is 0. The highest BCUT2D eigenvalue weighted by atomic mass is 16.2. The number of hydrogen-bond acceptors (Lipinski definition) is 2. The molecule has 0 radical (unpaired) electrons. The fourth-order valence-electron chi connectivity index (χ4n) is 2.45. The molecular formula is C15H20N2O. The van der Waals surface area contributed by atoms with Crippen LogP contribution in [0.1, 0.15) is 12.5 Å². The fourth-order valence-corrected chi connectivity index (χ4v) is 2.45. The molecule has 0 saturated carbocycles. The third-order valence-electron chi connectivity index (χ3n) is 3.43. The molecule has 2 rings (SSSR count). The maximum atomic E-state index is 11.5. The second-order valence-electron chi connectivity index (χ2n) is 4.74. The van der Waals surface area contributed by atoms with E-state index in [9.17, 15) is 4.79 Å². The van der Waals surface area contributed by atoms with Crippen LogP contribution in [0.15, 0.2) is 43.0 Å². The molecule has 1 unspecified atom stereocenters. The Morgan fingerprint density at radius 1 is 1.39 bits per heavy atom. The average molecular weight is 244 g/mol. The normalized spacial score (nSPS) is 20.7. The smallest absolute Gasteiger partial charge is 0.220 e. The minimum atomic E-state index is 0.138. The maximum Gasteiger partial charge on any atom is 0.220 e. The van der Waals surface area contributed by atoms with E-state index in [0.717, 1.165) is 26.2 Å². The first-order valence-electron chi connectivity index (χ1n) is 6.36. The van der Waals surface area contributed by atoms with E-state index in [1.54, 1.807) is 6.92 Å². The molecule has 0 N–H and O–H groups in total. The lowest BCUT2D eigenvalue weighted by molar-refractivity contribution is -0.132. The zero-order chi connectivity index (χ0) is 13.0. The first kappa shape index (κ1) is 12.8. The Morgan fingerprint density at radius 3 is 2.72 bits per heavy atom. The van der Waals surface area contributed by atoms with Crippen molar-refractivity contribution in [3.63, 3.8) is 0 Å². The van der Waals surface area contributed by atoms with Gasteiger partial charge in [-0.15, -0.1) is 6.58 Å². The van der Waals surface area contributed by atoms with E-state index in [-0.39, 0.29) is 11.9 Å². The predicted molar refractivity (Wildman–Crippen MR) is 73.1 cm³/mol. The highest BCUT2D eigenvalue weighted by Crippen LogP contribution is 2.14. The van der Waals surface area contributed by atoms with Crippen molar-refractivity contribution in [2.24, 2.45) is 0 Å². The molecule has 1 amide bonds. The number of benzene rings is 1. The van der Waals surface area contributed by atoms with E-state index in [1.165, 1.54) is 5.56 Å². The molecule has 1 aliphatic heterocycles. The third kappa shape index (κ3) is 2.99. The van der Waals surface area contributed by atoms with Crippen molar-refractivity contribution in [1.29, 1.82) is 0 Å².